The minimum Gasteiger partial charge on any atom is -0.337 e. The largest absolute Gasteiger partial charge is 0.337 e. The first kappa shape index (κ1) is 12.9. The number of likely N-dealkylation sites (tertiary alicyclic amines) is 1. The summed E-state index contributed by atoms with van der Waals surface area (Å²) in [5.41, 5.74) is 0.541. The van der Waals surface area contributed by atoms with Crippen molar-refractivity contribution in [3.63, 3.8) is 0 Å². The van der Waals surface area contributed by atoms with Gasteiger partial charge in [0.05, 0.1) is 12.2 Å². The molecular formula is C15H17FN4O. The molecule has 1 saturated heterocycles. The van der Waals surface area contributed by atoms with Gasteiger partial charge in [-0.05, 0) is 44.4 Å². The van der Waals surface area contributed by atoms with Gasteiger partial charge in [0.2, 0.25) is 11.7 Å². The lowest BCUT2D eigenvalue weighted by atomic mass is 9.91. The lowest BCUT2D eigenvalue weighted by molar-refractivity contribution is 0.0966. The Hall–Kier alpha value is -1.82. The normalized spacial score (nSPS) is 23.4. The van der Waals surface area contributed by atoms with Gasteiger partial charge >= 0.3 is 0 Å². The Morgan fingerprint density at radius 3 is 2.81 bits per heavy atom. The highest BCUT2D eigenvalue weighted by molar-refractivity contribution is 5.47. The second-order valence-electron chi connectivity index (χ2n) is 5.80. The van der Waals surface area contributed by atoms with Crippen molar-refractivity contribution in [3.8, 4) is 11.5 Å². The van der Waals surface area contributed by atoms with Crippen LogP contribution >= 0.6 is 0 Å². The Kier molecular flexibility index (Phi) is 3.18. The van der Waals surface area contributed by atoms with Gasteiger partial charge in [-0.1, -0.05) is 11.6 Å². The number of rotatable bonds is 3. The van der Waals surface area contributed by atoms with E-state index in [-0.39, 0.29) is 11.9 Å². The van der Waals surface area contributed by atoms with E-state index in [4.69, 9.17) is 4.52 Å². The van der Waals surface area contributed by atoms with E-state index in [0.717, 1.165) is 13.0 Å². The van der Waals surface area contributed by atoms with Crippen LogP contribution in [0.4, 0.5) is 4.39 Å². The zero-order chi connectivity index (χ0) is 14.2. The Bertz CT molecular complexity index is 623. The van der Waals surface area contributed by atoms with Gasteiger partial charge in [-0.15, -0.1) is 0 Å². The smallest absolute Gasteiger partial charge is 0.244 e. The molecule has 0 radical (unpaired) electrons. The van der Waals surface area contributed by atoms with Crippen LogP contribution in [0.2, 0.25) is 0 Å². The summed E-state index contributed by atoms with van der Waals surface area (Å²) in [4.78, 5) is 11.0. The highest BCUT2D eigenvalue weighted by Gasteiger charge is 2.37. The quantitative estimate of drug-likeness (QED) is 0.869. The van der Waals surface area contributed by atoms with E-state index in [1.54, 1.807) is 6.07 Å². The van der Waals surface area contributed by atoms with Crippen LogP contribution in [0.5, 0.6) is 0 Å². The SMILES string of the molecule is Fc1ccc(-c2noc(C3CCCN3C3CCC3)n2)nc1. The first-order chi connectivity index (χ1) is 10.3. The molecule has 21 heavy (non-hydrogen) atoms. The van der Waals surface area contributed by atoms with Crippen molar-refractivity contribution in [2.45, 2.75) is 44.2 Å². The van der Waals surface area contributed by atoms with Crippen LogP contribution in [0.1, 0.15) is 44.0 Å². The Balaban J connectivity index is 1.57. The maximum atomic E-state index is 12.9. The molecule has 1 saturated carbocycles. The van der Waals surface area contributed by atoms with Crippen molar-refractivity contribution in [1.82, 2.24) is 20.0 Å². The summed E-state index contributed by atoms with van der Waals surface area (Å²) < 4.78 is 18.4. The van der Waals surface area contributed by atoms with Crippen LogP contribution in [0.3, 0.4) is 0 Å². The molecule has 3 heterocycles. The first-order valence-electron chi connectivity index (χ1n) is 7.52. The third-order valence-electron chi connectivity index (χ3n) is 4.52. The molecule has 110 valence electrons. The molecule has 1 atom stereocenters. The van der Waals surface area contributed by atoms with E-state index in [1.807, 2.05) is 0 Å². The molecule has 6 heteroatoms. The van der Waals surface area contributed by atoms with Crippen molar-refractivity contribution in [2.24, 2.45) is 0 Å². The lowest BCUT2D eigenvalue weighted by Crippen LogP contribution is -2.39. The fourth-order valence-corrected chi connectivity index (χ4v) is 3.19. The second kappa shape index (κ2) is 5.18. The van der Waals surface area contributed by atoms with E-state index < -0.39 is 0 Å². The number of hydrogen-bond donors (Lipinski definition) is 0. The Morgan fingerprint density at radius 2 is 2.10 bits per heavy atom. The predicted octanol–water partition coefficient (Wildman–Crippen LogP) is 2.96. The molecule has 4 rings (SSSR count). The molecule has 1 aliphatic carbocycles. The zero-order valence-corrected chi connectivity index (χ0v) is 11.7. The summed E-state index contributed by atoms with van der Waals surface area (Å²) in [6.45, 7) is 1.11. The summed E-state index contributed by atoms with van der Waals surface area (Å²) in [5, 5.41) is 4.00. The standard InChI is InChI=1S/C15H17FN4O/c16-10-6-7-12(17-9-10)14-18-15(21-19-14)13-5-2-8-20(13)11-3-1-4-11/h6-7,9,11,13H,1-5,8H2. The Morgan fingerprint density at radius 1 is 1.19 bits per heavy atom. The van der Waals surface area contributed by atoms with E-state index in [1.165, 1.54) is 37.9 Å². The Labute approximate surface area is 122 Å². The number of hydrogen-bond acceptors (Lipinski definition) is 5. The van der Waals surface area contributed by atoms with Gasteiger partial charge in [-0.2, -0.15) is 4.98 Å². The summed E-state index contributed by atoms with van der Waals surface area (Å²) in [6, 6.07) is 3.84. The molecule has 0 N–H and O–H groups in total. The van der Waals surface area contributed by atoms with Crippen molar-refractivity contribution in [1.29, 1.82) is 0 Å². The van der Waals surface area contributed by atoms with Crippen LogP contribution < -0.4 is 0 Å². The highest BCUT2D eigenvalue weighted by Crippen LogP contribution is 2.38. The van der Waals surface area contributed by atoms with E-state index in [0.29, 0.717) is 23.5 Å². The van der Waals surface area contributed by atoms with E-state index in [9.17, 15) is 4.39 Å². The fourth-order valence-electron chi connectivity index (χ4n) is 3.19. The molecular weight excluding hydrogens is 271 g/mol. The van der Waals surface area contributed by atoms with Crippen LogP contribution in [0, 0.1) is 5.82 Å². The maximum Gasteiger partial charge on any atom is 0.244 e. The summed E-state index contributed by atoms with van der Waals surface area (Å²) in [6.07, 6.45) is 7.28. The number of halogens is 1. The number of nitrogens with zero attached hydrogens (tertiary/aromatic N) is 4. The molecule has 2 fully saturated rings. The molecule has 2 aliphatic rings. The average Bonchev–Trinajstić information content (AvgIpc) is 3.06. The molecule has 0 spiro atoms. The summed E-state index contributed by atoms with van der Waals surface area (Å²) >= 11 is 0. The molecule has 0 amide bonds. The third kappa shape index (κ3) is 2.33. The summed E-state index contributed by atoms with van der Waals surface area (Å²) in [5.74, 6) is 0.736. The fraction of sp³-hybridized carbons (Fsp3) is 0.533. The molecule has 0 aromatic carbocycles. The first-order valence-corrected chi connectivity index (χ1v) is 7.52. The van der Waals surface area contributed by atoms with E-state index >= 15 is 0 Å². The molecule has 2 aromatic rings. The van der Waals surface area contributed by atoms with Gasteiger partial charge in [0.1, 0.15) is 11.5 Å². The van der Waals surface area contributed by atoms with Crippen molar-refractivity contribution in [2.75, 3.05) is 6.54 Å². The van der Waals surface area contributed by atoms with Crippen LogP contribution in [0.25, 0.3) is 11.5 Å². The minimum atomic E-state index is -0.366. The van der Waals surface area contributed by atoms with Crippen molar-refractivity contribution in [3.05, 3.63) is 30.0 Å². The van der Waals surface area contributed by atoms with Gasteiger partial charge in [-0.3, -0.25) is 4.90 Å². The summed E-state index contributed by atoms with van der Waals surface area (Å²) in [7, 11) is 0. The molecule has 0 bridgehead atoms. The predicted molar refractivity (Wildman–Crippen MR) is 73.8 cm³/mol. The monoisotopic (exact) mass is 288 g/mol. The van der Waals surface area contributed by atoms with Crippen LogP contribution in [-0.2, 0) is 0 Å². The van der Waals surface area contributed by atoms with Gasteiger partial charge in [0.25, 0.3) is 0 Å². The van der Waals surface area contributed by atoms with Crippen molar-refractivity contribution >= 4 is 0 Å². The van der Waals surface area contributed by atoms with Crippen molar-refractivity contribution < 1.29 is 8.91 Å². The highest BCUT2D eigenvalue weighted by atomic mass is 19.1. The average molecular weight is 288 g/mol. The lowest BCUT2D eigenvalue weighted by Gasteiger charge is -2.37. The van der Waals surface area contributed by atoms with Gasteiger partial charge in [0.15, 0.2) is 0 Å². The molecule has 1 aliphatic heterocycles. The van der Waals surface area contributed by atoms with Crippen LogP contribution in [0.15, 0.2) is 22.9 Å². The van der Waals surface area contributed by atoms with Gasteiger partial charge < -0.3 is 4.52 Å². The number of pyridine rings is 1. The number of aromatic nitrogens is 3. The van der Waals surface area contributed by atoms with Gasteiger partial charge in [0, 0.05) is 6.04 Å². The molecule has 5 nitrogen and oxygen atoms in total. The van der Waals surface area contributed by atoms with E-state index in [2.05, 4.69) is 20.0 Å². The second-order valence-corrected chi connectivity index (χ2v) is 5.80. The zero-order valence-electron chi connectivity index (χ0n) is 11.7. The minimum absolute atomic E-state index is 0.233. The maximum absolute atomic E-state index is 12.9. The van der Waals surface area contributed by atoms with Gasteiger partial charge in [-0.25, -0.2) is 9.37 Å². The molecule has 1 unspecified atom stereocenters. The van der Waals surface area contributed by atoms with Crippen LogP contribution in [-0.4, -0.2) is 32.6 Å². The molecule has 2 aromatic heterocycles. The topological polar surface area (TPSA) is 55.1 Å². The third-order valence-corrected chi connectivity index (χ3v) is 4.52.